The van der Waals surface area contributed by atoms with Crippen molar-refractivity contribution in [1.82, 2.24) is 5.32 Å². The van der Waals surface area contributed by atoms with Gasteiger partial charge in [0.05, 0.1) is 17.6 Å². The van der Waals surface area contributed by atoms with Crippen LogP contribution < -0.4 is 10.2 Å². The standard InChI is InChI=1S/C15H18N2O2/c1-11-5-4-6-12(9-11)17-13(18)10-15(16-14(17)19)7-2-3-8-15/h4-6,9H,2-3,7-8,10H2,1H3,(H,16,19). The summed E-state index contributed by atoms with van der Waals surface area (Å²) in [7, 11) is 0. The predicted molar refractivity (Wildman–Crippen MR) is 73.0 cm³/mol. The molecule has 4 nitrogen and oxygen atoms in total. The van der Waals surface area contributed by atoms with Gasteiger partial charge in [0.25, 0.3) is 0 Å². The number of aryl methyl sites for hydroxylation is 1. The van der Waals surface area contributed by atoms with Crippen molar-refractivity contribution in [3.8, 4) is 0 Å². The number of benzene rings is 1. The van der Waals surface area contributed by atoms with Crippen LogP contribution in [-0.2, 0) is 4.79 Å². The highest BCUT2D eigenvalue weighted by molar-refractivity contribution is 6.16. The minimum absolute atomic E-state index is 0.0868. The van der Waals surface area contributed by atoms with E-state index < -0.39 is 0 Å². The summed E-state index contributed by atoms with van der Waals surface area (Å²) >= 11 is 0. The molecule has 3 amide bonds. The molecule has 19 heavy (non-hydrogen) atoms. The first kappa shape index (κ1) is 12.2. The Morgan fingerprint density at radius 2 is 1.95 bits per heavy atom. The van der Waals surface area contributed by atoms with Crippen molar-refractivity contribution in [2.45, 2.75) is 44.6 Å². The van der Waals surface area contributed by atoms with Gasteiger partial charge in [-0.3, -0.25) is 4.79 Å². The van der Waals surface area contributed by atoms with Gasteiger partial charge in [0.15, 0.2) is 0 Å². The van der Waals surface area contributed by atoms with Gasteiger partial charge in [-0.1, -0.05) is 25.0 Å². The zero-order chi connectivity index (χ0) is 13.5. The van der Waals surface area contributed by atoms with Crippen molar-refractivity contribution in [3.05, 3.63) is 29.8 Å². The molecule has 1 aromatic carbocycles. The van der Waals surface area contributed by atoms with Crippen LogP contribution in [0.1, 0.15) is 37.7 Å². The van der Waals surface area contributed by atoms with Crippen molar-refractivity contribution in [2.24, 2.45) is 0 Å². The summed E-state index contributed by atoms with van der Waals surface area (Å²) in [5.41, 5.74) is 1.43. The molecule has 1 saturated carbocycles. The number of urea groups is 1. The topological polar surface area (TPSA) is 49.4 Å². The molecule has 3 rings (SSSR count). The second-order valence-electron chi connectivity index (χ2n) is 5.66. The highest BCUT2D eigenvalue weighted by Crippen LogP contribution is 2.36. The Balaban J connectivity index is 1.88. The number of amides is 3. The average molecular weight is 258 g/mol. The largest absolute Gasteiger partial charge is 0.331 e. The van der Waals surface area contributed by atoms with Crippen LogP contribution in [0.4, 0.5) is 10.5 Å². The van der Waals surface area contributed by atoms with Crippen LogP contribution in [0.2, 0.25) is 0 Å². The first-order valence-electron chi connectivity index (χ1n) is 6.81. The van der Waals surface area contributed by atoms with E-state index in [1.165, 1.54) is 4.90 Å². The lowest BCUT2D eigenvalue weighted by atomic mass is 9.90. The quantitative estimate of drug-likeness (QED) is 0.842. The molecule has 0 radical (unpaired) electrons. The third-order valence-electron chi connectivity index (χ3n) is 4.13. The van der Waals surface area contributed by atoms with E-state index in [0.29, 0.717) is 12.1 Å². The van der Waals surface area contributed by atoms with Crippen LogP contribution in [0, 0.1) is 6.92 Å². The normalized spacial score (nSPS) is 21.8. The highest BCUT2D eigenvalue weighted by Gasteiger charge is 2.45. The van der Waals surface area contributed by atoms with Gasteiger partial charge in [-0.2, -0.15) is 0 Å². The molecule has 0 bridgehead atoms. The predicted octanol–water partition coefficient (Wildman–Crippen LogP) is 2.75. The molecule has 1 spiro atoms. The molecule has 4 heteroatoms. The van der Waals surface area contributed by atoms with Crippen molar-refractivity contribution >= 4 is 17.6 Å². The maximum Gasteiger partial charge on any atom is 0.329 e. The first-order valence-corrected chi connectivity index (χ1v) is 6.81. The van der Waals surface area contributed by atoms with Crippen molar-refractivity contribution in [3.63, 3.8) is 0 Å². The number of anilines is 1. The molecule has 0 unspecified atom stereocenters. The maximum atomic E-state index is 12.3. The lowest BCUT2D eigenvalue weighted by Gasteiger charge is -2.38. The lowest BCUT2D eigenvalue weighted by molar-refractivity contribution is -0.120. The highest BCUT2D eigenvalue weighted by atomic mass is 16.2. The smallest absolute Gasteiger partial charge is 0.329 e. The fourth-order valence-corrected chi connectivity index (χ4v) is 3.19. The van der Waals surface area contributed by atoms with E-state index in [0.717, 1.165) is 31.2 Å². The molecule has 1 N–H and O–H groups in total. The molecule has 1 aromatic rings. The maximum absolute atomic E-state index is 12.3. The molecular formula is C15H18N2O2. The number of nitrogens with one attached hydrogen (secondary N) is 1. The van der Waals surface area contributed by atoms with E-state index >= 15 is 0 Å². The average Bonchev–Trinajstić information content (AvgIpc) is 2.76. The van der Waals surface area contributed by atoms with Gasteiger partial charge in [0.1, 0.15) is 0 Å². The molecule has 0 atom stereocenters. The Bertz CT molecular complexity index is 513. The third-order valence-corrected chi connectivity index (χ3v) is 4.13. The first-order chi connectivity index (χ1) is 9.10. The Labute approximate surface area is 112 Å². The summed E-state index contributed by atoms with van der Waals surface area (Å²) in [6.45, 7) is 1.95. The molecule has 0 aromatic heterocycles. The Morgan fingerprint density at radius 3 is 2.58 bits per heavy atom. The fourth-order valence-electron chi connectivity index (χ4n) is 3.19. The van der Waals surface area contributed by atoms with E-state index in [-0.39, 0.29) is 17.5 Å². The monoisotopic (exact) mass is 258 g/mol. The second-order valence-corrected chi connectivity index (χ2v) is 5.66. The number of rotatable bonds is 1. The minimum Gasteiger partial charge on any atom is -0.331 e. The minimum atomic E-state index is -0.274. The number of hydrogen-bond acceptors (Lipinski definition) is 2. The van der Waals surface area contributed by atoms with Crippen LogP contribution in [-0.4, -0.2) is 17.5 Å². The summed E-state index contributed by atoms with van der Waals surface area (Å²) in [5.74, 6) is -0.0868. The summed E-state index contributed by atoms with van der Waals surface area (Å²) in [6, 6.07) is 7.21. The van der Waals surface area contributed by atoms with Crippen LogP contribution in [0.15, 0.2) is 24.3 Å². The SMILES string of the molecule is Cc1cccc(N2C(=O)CC3(CCCC3)NC2=O)c1. The van der Waals surface area contributed by atoms with E-state index in [4.69, 9.17) is 0 Å². The molecule has 1 heterocycles. The van der Waals surface area contributed by atoms with Crippen molar-refractivity contribution in [1.29, 1.82) is 0 Å². The number of imide groups is 1. The molecule has 1 aliphatic carbocycles. The Kier molecular flexibility index (Phi) is 2.81. The third kappa shape index (κ3) is 2.11. The van der Waals surface area contributed by atoms with Gasteiger partial charge in [0, 0.05) is 0 Å². The van der Waals surface area contributed by atoms with E-state index in [1.807, 2.05) is 25.1 Å². The summed E-state index contributed by atoms with van der Waals surface area (Å²) in [4.78, 5) is 25.9. The molecule has 2 aliphatic rings. The summed E-state index contributed by atoms with van der Waals surface area (Å²) < 4.78 is 0. The van der Waals surface area contributed by atoms with Crippen molar-refractivity contribution in [2.75, 3.05) is 4.90 Å². The zero-order valence-corrected chi connectivity index (χ0v) is 11.1. The van der Waals surface area contributed by atoms with Gasteiger partial charge in [-0.05, 0) is 37.5 Å². The lowest BCUT2D eigenvalue weighted by Crippen LogP contribution is -2.61. The summed E-state index contributed by atoms with van der Waals surface area (Å²) in [5, 5.41) is 3.06. The van der Waals surface area contributed by atoms with Crippen LogP contribution in [0.25, 0.3) is 0 Å². The number of nitrogens with zero attached hydrogens (tertiary/aromatic N) is 1. The second kappa shape index (κ2) is 4.37. The Morgan fingerprint density at radius 1 is 1.21 bits per heavy atom. The molecule has 2 fully saturated rings. The van der Waals surface area contributed by atoms with Gasteiger partial charge in [-0.25, -0.2) is 9.69 Å². The van der Waals surface area contributed by atoms with Crippen LogP contribution in [0.3, 0.4) is 0 Å². The molecular weight excluding hydrogens is 240 g/mol. The van der Waals surface area contributed by atoms with E-state index in [1.54, 1.807) is 6.07 Å². The fraction of sp³-hybridized carbons (Fsp3) is 0.467. The van der Waals surface area contributed by atoms with E-state index in [2.05, 4.69) is 5.32 Å². The molecule has 100 valence electrons. The van der Waals surface area contributed by atoms with Gasteiger partial charge < -0.3 is 5.32 Å². The molecule has 1 aliphatic heterocycles. The van der Waals surface area contributed by atoms with Gasteiger partial charge >= 0.3 is 6.03 Å². The van der Waals surface area contributed by atoms with Crippen LogP contribution >= 0.6 is 0 Å². The van der Waals surface area contributed by atoms with E-state index in [9.17, 15) is 9.59 Å². The zero-order valence-electron chi connectivity index (χ0n) is 11.1. The van der Waals surface area contributed by atoms with Gasteiger partial charge in [0.2, 0.25) is 5.91 Å². The summed E-state index contributed by atoms with van der Waals surface area (Å²) in [6.07, 6.45) is 4.46. The van der Waals surface area contributed by atoms with Gasteiger partial charge in [-0.15, -0.1) is 0 Å². The van der Waals surface area contributed by atoms with Crippen molar-refractivity contribution < 1.29 is 9.59 Å². The van der Waals surface area contributed by atoms with Crippen LogP contribution in [0.5, 0.6) is 0 Å². The number of carbonyl (C=O) groups excluding carboxylic acids is 2. The number of carbonyl (C=O) groups is 2. The Hall–Kier alpha value is -1.84. The number of hydrogen-bond donors (Lipinski definition) is 1. The molecule has 1 saturated heterocycles.